The quantitative estimate of drug-likeness (QED) is 0.580. The molecule has 1 aromatic carbocycles. The van der Waals surface area contributed by atoms with E-state index >= 15 is 0 Å². The van der Waals surface area contributed by atoms with Gasteiger partial charge < -0.3 is 24.3 Å². The third-order valence-electron chi connectivity index (χ3n) is 6.67. The highest BCUT2D eigenvalue weighted by molar-refractivity contribution is 5.96. The van der Waals surface area contributed by atoms with E-state index in [4.69, 9.17) is 9.15 Å². The van der Waals surface area contributed by atoms with E-state index < -0.39 is 0 Å². The van der Waals surface area contributed by atoms with Crippen molar-refractivity contribution in [2.45, 2.75) is 18.8 Å². The topological polar surface area (TPSA) is 92.8 Å². The highest BCUT2D eigenvalue weighted by Gasteiger charge is 2.32. The lowest BCUT2D eigenvalue weighted by Crippen LogP contribution is -2.50. The number of rotatable bonds is 5. The summed E-state index contributed by atoms with van der Waals surface area (Å²) in [6.07, 6.45) is 5.10. The summed E-state index contributed by atoms with van der Waals surface area (Å²) in [7, 11) is 1.64. The zero-order valence-corrected chi connectivity index (χ0v) is 20.5. The molecule has 4 heterocycles. The molecule has 186 valence electrons. The maximum absolute atomic E-state index is 13.6. The number of piperidine rings is 1. The van der Waals surface area contributed by atoms with Crippen molar-refractivity contribution < 1.29 is 18.7 Å². The monoisotopic (exact) mass is 499 g/mol. The average Bonchev–Trinajstić information content (AvgIpc) is 3.59. The van der Waals surface area contributed by atoms with Crippen molar-refractivity contribution in [2.24, 2.45) is 0 Å². The summed E-state index contributed by atoms with van der Waals surface area (Å²) in [5, 5.41) is 8.04. The molecule has 0 radical (unpaired) electrons. The van der Waals surface area contributed by atoms with Gasteiger partial charge in [-0.25, -0.2) is 4.68 Å². The molecule has 3 aromatic rings. The number of carbonyl (C=O) groups excluding carboxylic acids is 2. The van der Waals surface area contributed by atoms with Gasteiger partial charge in [0.15, 0.2) is 5.76 Å². The van der Waals surface area contributed by atoms with E-state index in [1.807, 2.05) is 33.8 Å². The normalized spacial score (nSPS) is 16.6. The van der Waals surface area contributed by atoms with Crippen molar-refractivity contribution in [1.82, 2.24) is 24.9 Å². The van der Waals surface area contributed by atoms with Gasteiger partial charge in [-0.1, -0.05) is 0 Å². The second-order valence-corrected chi connectivity index (χ2v) is 8.64. The summed E-state index contributed by atoms with van der Waals surface area (Å²) in [6.45, 7) is 3.73. The van der Waals surface area contributed by atoms with Gasteiger partial charge in [-0.2, -0.15) is 5.10 Å². The summed E-state index contributed by atoms with van der Waals surface area (Å²) in [5.74, 6) is 1.18. The Hall–Kier alpha value is -3.30. The van der Waals surface area contributed by atoms with Crippen LogP contribution in [0.1, 0.15) is 45.4 Å². The van der Waals surface area contributed by atoms with Crippen LogP contribution in [-0.4, -0.2) is 77.8 Å². The Kier molecular flexibility index (Phi) is 7.77. The van der Waals surface area contributed by atoms with E-state index in [1.165, 1.54) is 6.26 Å². The summed E-state index contributed by atoms with van der Waals surface area (Å²) in [5.41, 5.74) is 2.52. The summed E-state index contributed by atoms with van der Waals surface area (Å²) >= 11 is 0. The van der Waals surface area contributed by atoms with Crippen LogP contribution in [0.4, 0.5) is 0 Å². The molecule has 2 aliphatic rings. The van der Waals surface area contributed by atoms with Gasteiger partial charge >= 0.3 is 0 Å². The maximum atomic E-state index is 13.6. The molecule has 0 spiro atoms. The fraction of sp³-hybridized carbons (Fsp3) is 0.400. The summed E-state index contributed by atoms with van der Waals surface area (Å²) in [4.78, 5) is 29.8. The van der Waals surface area contributed by atoms with Crippen LogP contribution in [0.3, 0.4) is 0 Å². The van der Waals surface area contributed by atoms with E-state index in [0.717, 1.165) is 43.1 Å². The Morgan fingerprint density at radius 1 is 1.00 bits per heavy atom. The minimum atomic E-state index is -0.139. The number of hydrogen-bond donors (Lipinski definition) is 1. The molecule has 0 aliphatic carbocycles. The van der Waals surface area contributed by atoms with Crippen LogP contribution in [0.5, 0.6) is 5.75 Å². The van der Waals surface area contributed by atoms with E-state index in [0.29, 0.717) is 37.5 Å². The number of methoxy groups -OCH3 is 1. The van der Waals surface area contributed by atoms with Crippen molar-refractivity contribution >= 4 is 24.2 Å². The Bertz CT molecular complexity index is 1130. The third kappa shape index (κ3) is 5.06. The predicted octanol–water partition coefficient (Wildman–Crippen LogP) is 2.96. The van der Waals surface area contributed by atoms with Gasteiger partial charge in [0, 0.05) is 32.1 Å². The van der Waals surface area contributed by atoms with E-state index in [-0.39, 0.29) is 30.1 Å². The molecule has 35 heavy (non-hydrogen) atoms. The zero-order valence-electron chi connectivity index (χ0n) is 19.7. The molecule has 0 saturated carbocycles. The smallest absolute Gasteiger partial charge is 0.289 e. The number of carbonyl (C=O) groups is 2. The van der Waals surface area contributed by atoms with Crippen LogP contribution in [-0.2, 0) is 0 Å². The molecule has 1 N–H and O–H groups in total. The second-order valence-electron chi connectivity index (χ2n) is 8.64. The first-order valence-electron chi connectivity index (χ1n) is 11.7. The molecule has 2 aliphatic heterocycles. The number of aromatic nitrogens is 2. The molecule has 2 aromatic heterocycles. The Labute approximate surface area is 210 Å². The van der Waals surface area contributed by atoms with E-state index in [9.17, 15) is 9.59 Å². The van der Waals surface area contributed by atoms with Crippen molar-refractivity contribution in [3.63, 3.8) is 0 Å². The van der Waals surface area contributed by atoms with Gasteiger partial charge in [-0.3, -0.25) is 9.59 Å². The number of piperazine rings is 1. The lowest BCUT2D eigenvalue weighted by Gasteiger charge is -2.34. The minimum Gasteiger partial charge on any atom is -0.497 e. The zero-order chi connectivity index (χ0) is 23.5. The van der Waals surface area contributed by atoms with Gasteiger partial charge in [0.05, 0.1) is 36.5 Å². The predicted molar refractivity (Wildman–Crippen MR) is 133 cm³/mol. The molecule has 0 unspecified atom stereocenters. The first-order valence-corrected chi connectivity index (χ1v) is 11.7. The van der Waals surface area contributed by atoms with Crippen LogP contribution in [0, 0.1) is 0 Å². The highest BCUT2D eigenvalue weighted by atomic mass is 35.5. The Balaban J connectivity index is 0.00000289. The van der Waals surface area contributed by atoms with E-state index in [2.05, 4.69) is 10.4 Å². The number of amides is 2. The molecule has 2 fully saturated rings. The molecule has 2 amide bonds. The maximum Gasteiger partial charge on any atom is 0.289 e. The number of ether oxygens (including phenoxy) is 1. The highest BCUT2D eigenvalue weighted by Crippen LogP contribution is 2.31. The Morgan fingerprint density at radius 3 is 2.26 bits per heavy atom. The van der Waals surface area contributed by atoms with Gasteiger partial charge in [-0.05, 0) is 62.3 Å². The molecule has 0 bridgehead atoms. The summed E-state index contributed by atoms with van der Waals surface area (Å²) < 4.78 is 12.4. The SMILES string of the molecule is COc1ccc(-n2ncc(C(=O)N3CCN(C(=O)c4ccco4)CC3)c2C2CCNCC2)cc1.Cl. The standard InChI is InChI=1S/C25H29N5O4.ClH/c1-33-20-6-4-19(5-7-20)30-23(18-8-10-26-11-9-18)21(17-27-30)24(31)28-12-14-29(15-13-28)25(32)22-3-2-16-34-22;/h2-7,16-18,26H,8-15H2,1H3;1H. The number of nitrogens with zero attached hydrogens (tertiary/aromatic N) is 4. The average molecular weight is 500 g/mol. The largest absolute Gasteiger partial charge is 0.497 e. The van der Waals surface area contributed by atoms with Gasteiger partial charge in [0.1, 0.15) is 5.75 Å². The molecule has 10 heteroatoms. The molecule has 5 rings (SSSR count). The fourth-order valence-corrected chi connectivity index (χ4v) is 4.78. The number of furan rings is 1. The van der Waals surface area contributed by atoms with E-state index in [1.54, 1.807) is 30.3 Å². The van der Waals surface area contributed by atoms with Crippen LogP contribution in [0.2, 0.25) is 0 Å². The first kappa shape index (κ1) is 24.8. The number of benzene rings is 1. The van der Waals surface area contributed by atoms with Gasteiger partial charge in [0.25, 0.3) is 11.8 Å². The lowest BCUT2D eigenvalue weighted by atomic mass is 9.91. The molecule has 9 nitrogen and oxygen atoms in total. The van der Waals surface area contributed by atoms with Crippen molar-refractivity contribution in [3.8, 4) is 11.4 Å². The van der Waals surface area contributed by atoms with Crippen LogP contribution in [0.15, 0.2) is 53.3 Å². The van der Waals surface area contributed by atoms with Crippen molar-refractivity contribution in [1.29, 1.82) is 0 Å². The lowest BCUT2D eigenvalue weighted by molar-refractivity contribution is 0.0517. The number of nitrogens with one attached hydrogen (secondary N) is 1. The molecular weight excluding hydrogens is 470 g/mol. The van der Waals surface area contributed by atoms with Crippen LogP contribution >= 0.6 is 12.4 Å². The van der Waals surface area contributed by atoms with Crippen molar-refractivity contribution in [2.75, 3.05) is 46.4 Å². The summed E-state index contributed by atoms with van der Waals surface area (Å²) in [6, 6.07) is 11.1. The van der Waals surface area contributed by atoms with Crippen LogP contribution in [0.25, 0.3) is 5.69 Å². The first-order chi connectivity index (χ1) is 16.7. The second kappa shape index (κ2) is 11.0. The minimum absolute atomic E-state index is 0. The molecule has 0 atom stereocenters. The van der Waals surface area contributed by atoms with Gasteiger partial charge in [-0.15, -0.1) is 12.4 Å². The van der Waals surface area contributed by atoms with Gasteiger partial charge in [0.2, 0.25) is 0 Å². The van der Waals surface area contributed by atoms with Crippen molar-refractivity contribution in [3.05, 3.63) is 65.9 Å². The fourth-order valence-electron chi connectivity index (χ4n) is 4.78. The van der Waals surface area contributed by atoms with Crippen LogP contribution < -0.4 is 10.1 Å². The molecule has 2 saturated heterocycles. The Morgan fingerprint density at radius 2 is 1.66 bits per heavy atom. The number of hydrogen-bond acceptors (Lipinski definition) is 6. The third-order valence-corrected chi connectivity index (χ3v) is 6.67. The number of halogens is 1. The molecular formula is C25H30ClN5O4.